The van der Waals surface area contributed by atoms with Gasteiger partial charge in [-0.3, -0.25) is 14.2 Å². The second-order valence-electron chi connectivity index (χ2n) is 8.58. The zero-order valence-electron chi connectivity index (χ0n) is 21.9. The highest BCUT2D eigenvalue weighted by Gasteiger charge is 2.12. The molecule has 0 saturated heterocycles. The Bertz CT molecular complexity index is 1060. The van der Waals surface area contributed by atoms with E-state index in [0.29, 0.717) is 37.5 Å². The molecule has 0 amide bonds. The first kappa shape index (κ1) is 28.9. The van der Waals surface area contributed by atoms with E-state index in [4.69, 9.17) is 18.9 Å². The van der Waals surface area contributed by atoms with E-state index in [-0.39, 0.29) is 31.2 Å². The van der Waals surface area contributed by atoms with Crippen LogP contribution in [-0.4, -0.2) is 46.2 Å². The van der Waals surface area contributed by atoms with E-state index >= 15 is 0 Å². The third-order valence-electron chi connectivity index (χ3n) is 5.39. The largest absolute Gasteiger partial charge is 0.493 e. The quantitative estimate of drug-likeness (QED) is 0.237. The first-order chi connectivity index (χ1) is 17.3. The van der Waals surface area contributed by atoms with E-state index < -0.39 is 11.2 Å². The maximum atomic E-state index is 12.4. The van der Waals surface area contributed by atoms with E-state index in [9.17, 15) is 14.4 Å². The minimum Gasteiger partial charge on any atom is -0.493 e. The Hall–Kier alpha value is -3.30. The number of hydrogen-bond donors (Lipinski definition) is 0. The Morgan fingerprint density at radius 2 is 1.72 bits per heavy atom. The highest BCUT2D eigenvalue weighted by atomic mass is 16.6. The number of nitrogens with zero attached hydrogens (tertiary/aromatic N) is 3. The van der Waals surface area contributed by atoms with Gasteiger partial charge >= 0.3 is 17.2 Å². The number of rotatable bonds is 17. The SMILES string of the molecule is CCCCCCCn1nc(OCCCOc2cccc(OC(C)COC(=O)CC)c2)c(=O)n(C)c1=O. The highest BCUT2D eigenvalue weighted by Crippen LogP contribution is 2.20. The van der Waals surface area contributed by atoms with Crippen LogP contribution in [0.25, 0.3) is 0 Å². The van der Waals surface area contributed by atoms with E-state index in [1.165, 1.54) is 18.2 Å². The Balaban J connectivity index is 1.80. The zero-order chi connectivity index (χ0) is 26.3. The van der Waals surface area contributed by atoms with Gasteiger partial charge in [-0.25, -0.2) is 9.48 Å². The van der Waals surface area contributed by atoms with Crippen LogP contribution in [0.2, 0.25) is 0 Å². The molecule has 1 atom stereocenters. The molecule has 1 heterocycles. The maximum Gasteiger partial charge on any atom is 0.347 e. The predicted octanol–water partition coefficient (Wildman–Crippen LogP) is 3.48. The molecule has 1 aromatic heterocycles. The molecule has 0 N–H and O–H groups in total. The fourth-order valence-corrected chi connectivity index (χ4v) is 3.33. The van der Waals surface area contributed by atoms with Crippen LogP contribution in [0.5, 0.6) is 17.4 Å². The molecule has 0 aliphatic heterocycles. The van der Waals surface area contributed by atoms with Gasteiger partial charge in [-0.1, -0.05) is 45.6 Å². The standard InChI is InChI=1S/C26H39N3O7/c1-5-7-8-9-10-15-29-26(32)28(4)25(31)24(27-29)34-17-12-16-33-21-13-11-14-22(18-21)36-20(3)19-35-23(30)6-2/h11,13-14,18,20H,5-10,12,15-17,19H2,1-4H3. The molecule has 0 spiro atoms. The Morgan fingerprint density at radius 3 is 2.47 bits per heavy atom. The molecule has 1 unspecified atom stereocenters. The number of aryl methyl sites for hydroxylation is 1. The van der Waals surface area contributed by atoms with E-state index in [1.54, 1.807) is 19.1 Å². The maximum absolute atomic E-state index is 12.4. The Kier molecular flexibility index (Phi) is 12.6. The van der Waals surface area contributed by atoms with Gasteiger partial charge in [0.1, 0.15) is 24.2 Å². The summed E-state index contributed by atoms with van der Waals surface area (Å²) < 4.78 is 24.5. The molecular formula is C26H39N3O7. The lowest BCUT2D eigenvalue weighted by atomic mass is 10.1. The van der Waals surface area contributed by atoms with Crippen molar-refractivity contribution in [1.82, 2.24) is 14.3 Å². The van der Waals surface area contributed by atoms with Crippen LogP contribution in [0.3, 0.4) is 0 Å². The first-order valence-corrected chi connectivity index (χ1v) is 12.7. The van der Waals surface area contributed by atoms with Gasteiger partial charge in [0, 0.05) is 32.5 Å². The summed E-state index contributed by atoms with van der Waals surface area (Å²) in [5.41, 5.74) is -0.988. The van der Waals surface area contributed by atoms with Gasteiger partial charge in [0.2, 0.25) is 0 Å². The summed E-state index contributed by atoms with van der Waals surface area (Å²) >= 11 is 0. The number of ether oxygens (including phenoxy) is 4. The smallest absolute Gasteiger partial charge is 0.347 e. The lowest BCUT2D eigenvalue weighted by Crippen LogP contribution is -2.40. The fraction of sp³-hybridized carbons (Fsp3) is 0.615. The van der Waals surface area contributed by atoms with Crippen molar-refractivity contribution < 1.29 is 23.7 Å². The minimum absolute atomic E-state index is 0.0844. The van der Waals surface area contributed by atoms with Crippen molar-refractivity contribution >= 4 is 5.97 Å². The number of unbranched alkanes of at least 4 members (excludes halogenated alkanes) is 4. The molecule has 0 bridgehead atoms. The van der Waals surface area contributed by atoms with Crippen LogP contribution in [0, 0.1) is 0 Å². The van der Waals surface area contributed by atoms with Crippen LogP contribution < -0.4 is 25.5 Å². The molecule has 0 radical (unpaired) electrons. The minimum atomic E-state index is -0.549. The predicted molar refractivity (Wildman–Crippen MR) is 136 cm³/mol. The van der Waals surface area contributed by atoms with Crippen molar-refractivity contribution in [2.75, 3.05) is 19.8 Å². The number of carbonyl (C=O) groups is 1. The molecule has 200 valence electrons. The number of hydrogen-bond acceptors (Lipinski definition) is 8. The summed E-state index contributed by atoms with van der Waals surface area (Å²) in [5.74, 6) is 0.877. The summed E-state index contributed by atoms with van der Waals surface area (Å²) in [4.78, 5) is 36.0. The van der Waals surface area contributed by atoms with E-state index in [2.05, 4.69) is 12.0 Å². The van der Waals surface area contributed by atoms with Crippen molar-refractivity contribution in [3.8, 4) is 17.4 Å². The summed E-state index contributed by atoms with van der Waals surface area (Å²) in [6, 6.07) is 7.18. The van der Waals surface area contributed by atoms with Gasteiger partial charge in [-0.15, -0.1) is 5.10 Å². The molecule has 10 nitrogen and oxygen atoms in total. The van der Waals surface area contributed by atoms with Gasteiger partial charge in [-0.2, -0.15) is 0 Å². The summed E-state index contributed by atoms with van der Waals surface area (Å²) in [5, 5.41) is 4.14. The molecular weight excluding hydrogens is 466 g/mol. The molecule has 2 aromatic rings. The number of benzene rings is 1. The summed E-state index contributed by atoms with van der Waals surface area (Å²) in [6.07, 6.45) is 5.80. The van der Waals surface area contributed by atoms with Gasteiger partial charge in [0.25, 0.3) is 5.88 Å². The summed E-state index contributed by atoms with van der Waals surface area (Å²) in [6.45, 7) is 6.91. The van der Waals surface area contributed by atoms with Crippen LogP contribution in [0.15, 0.2) is 33.9 Å². The molecule has 0 aliphatic rings. The third-order valence-corrected chi connectivity index (χ3v) is 5.39. The molecule has 0 aliphatic carbocycles. The van der Waals surface area contributed by atoms with E-state index in [0.717, 1.165) is 30.3 Å². The van der Waals surface area contributed by atoms with Crippen molar-refractivity contribution in [2.45, 2.75) is 78.4 Å². The molecule has 2 rings (SSSR count). The Labute approximate surface area is 212 Å². The van der Waals surface area contributed by atoms with Crippen molar-refractivity contribution in [3.05, 3.63) is 45.1 Å². The lowest BCUT2D eigenvalue weighted by molar-refractivity contribution is -0.145. The monoisotopic (exact) mass is 505 g/mol. The number of carbonyl (C=O) groups excluding carboxylic acids is 1. The average Bonchev–Trinajstić information content (AvgIpc) is 2.87. The highest BCUT2D eigenvalue weighted by molar-refractivity contribution is 5.68. The number of aromatic nitrogens is 3. The van der Waals surface area contributed by atoms with Gasteiger partial charge in [0.15, 0.2) is 0 Å². The van der Waals surface area contributed by atoms with Crippen molar-refractivity contribution in [3.63, 3.8) is 0 Å². The molecule has 1 aromatic carbocycles. The summed E-state index contributed by atoms with van der Waals surface area (Å²) in [7, 11) is 1.43. The first-order valence-electron chi connectivity index (χ1n) is 12.7. The average molecular weight is 506 g/mol. The van der Waals surface area contributed by atoms with Gasteiger partial charge in [0.05, 0.1) is 13.2 Å². The van der Waals surface area contributed by atoms with Crippen molar-refractivity contribution in [2.24, 2.45) is 7.05 Å². The zero-order valence-corrected chi connectivity index (χ0v) is 21.9. The normalized spacial score (nSPS) is 11.7. The van der Waals surface area contributed by atoms with Crippen LogP contribution >= 0.6 is 0 Å². The lowest BCUT2D eigenvalue weighted by Gasteiger charge is -2.15. The van der Waals surface area contributed by atoms with Crippen LogP contribution in [0.1, 0.15) is 65.7 Å². The second-order valence-corrected chi connectivity index (χ2v) is 8.58. The van der Waals surface area contributed by atoms with Crippen LogP contribution in [0.4, 0.5) is 0 Å². The van der Waals surface area contributed by atoms with Gasteiger partial charge in [-0.05, 0) is 25.5 Å². The van der Waals surface area contributed by atoms with Crippen molar-refractivity contribution in [1.29, 1.82) is 0 Å². The Morgan fingerprint density at radius 1 is 1.00 bits per heavy atom. The molecule has 10 heteroatoms. The van der Waals surface area contributed by atoms with E-state index in [1.807, 2.05) is 19.1 Å². The second kappa shape index (κ2) is 15.6. The molecule has 0 saturated carbocycles. The number of esters is 1. The molecule has 36 heavy (non-hydrogen) atoms. The van der Waals surface area contributed by atoms with Gasteiger partial charge < -0.3 is 18.9 Å². The molecule has 0 fully saturated rings. The van der Waals surface area contributed by atoms with Crippen LogP contribution in [-0.2, 0) is 23.1 Å². The third kappa shape index (κ3) is 9.75. The fourth-order valence-electron chi connectivity index (χ4n) is 3.33. The topological polar surface area (TPSA) is 111 Å².